The van der Waals surface area contributed by atoms with Crippen LogP contribution in [0.25, 0.3) is 5.65 Å². The molecule has 0 saturated carbocycles. The lowest BCUT2D eigenvalue weighted by Gasteiger charge is -2.23. The average molecular weight is 338 g/mol. The second-order valence-electron chi connectivity index (χ2n) is 6.08. The molecule has 0 spiro atoms. The van der Waals surface area contributed by atoms with Gasteiger partial charge in [-0.05, 0) is 18.6 Å². The number of hydrogen-bond acceptors (Lipinski definition) is 6. The van der Waals surface area contributed by atoms with Crippen molar-refractivity contribution in [3.63, 3.8) is 0 Å². The Balaban J connectivity index is 1.48. The summed E-state index contributed by atoms with van der Waals surface area (Å²) in [7, 11) is 0. The Kier molecular flexibility index (Phi) is 4.34. The van der Waals surface area contributed by atoms with Crippen molar-refractivity contribution in [3.05, 3.63) is 54.5 Å². The summed E-state index contributed by atoms with van der Waals surface area (Å²) in [5.41, 5.74) is 2.28. The molecule has 4 heterocycles. The van der Waals surface area contributed by atoms with Crippen molar-refractivity contribution >= 4 is 11.6 Å². The van der Waals surface area contributed by atoms with Gasteiger partial charge in [0.1, 0.15) is 6.33 Å². The van der Waals surface area contributed by atoms with E-state index in [9.17, 15) is 4.79 Å². The number of fused-ring (bicyclic) bond motifs is 1. The van der Waals surface area contributed by atoms with E-state index in [1.165, 1.54) is 6.33 Å². The summed E-state index contributed by atoms with van der Waals surface area (Å²) >= 11 is 0. The molecule has 1 amide bonds. The second kappa shape index (κ2) is 6.94. The third kappa shape index (κ3) is 3.48. The summed E-state index contributed by atoms with van der Waals surface area (Å²) in [6.45, 7) is 2.33. The molecule has 1 fully saturated rings. The topological polar surface area (TPSA) is 85.5 Å². The summed E-state index contributed by atoms with van der Waals surface area (Å²) in [5.74, 6) is 0.124. The molecule has 0 aromatic carbocycles. The van der Waals surface area contributed by atoms with Crippen molar-refractivity contribution in [1.82, 2.24) is 29.5 Å². The Morgan fingerprint density at radius 3 is 3.04 bits per heavy atom. The van der Waals surface area contributed by atoms with Crippen LogP contribution in [0.2, 0.25) is 0 Å². The number of aromatic nitrogens is 5. The molecule has 1 aliphatic heterocycles. The first-order valence-electron chi connectivity index (χ1n) is 8.21. The quantitative estimate of drug-likeness (QED) is 0.704. The van der Waals surface area contributed by atoms with Gasteiger partial charge in [0.05, 0.1) is 24.5 Å². The molecule has 8 nitrogen and oxygen atoms in total. The zero-order valence-corrected chi connectivity index (χ0v) is 13.7. The zero-order valence-electron chi connectivity index (χ0n) is 13.7. The summed E-state index contributed by atoms with van der Waals surface area (Å²) in [6.07, 6.45) is 8.80. The van der Waals surface area contributed by atoms with Gasteiger partial charge >= 0.3 is 0 Å². The maximum absolute atomic E-state index is 12.7. The lowest BCUT2D eigenvalue weighted by atomic mass is 10.0. The van der Waals surface area contributed by atoms with Gasteiger partial charge in [0, 0.05) is 43.8 Å². The highest BCUT2D eigenvalue weighted by Crippen LogP contribution is 2.15. The van der Waals surface area contributed by atoms with Gasteiger partial charge in [-0.1, -0.05) is 0 Å². The highest BCUT2D eigenvalue weighted by molar-refractivity contribution is 5.93. The summed E-state index contributed by atoms with van der Waals surface area (Å²) in [6, 6.07) is 3.93. The maximum Gasteiger partial charge on any atom is 0.257 e. The third-order valence-corrected chi connectivity index (χ3v) is 4.24. The van der Waals surface area contributed by atoms with Crippen LogP contribution in [-0.2, 0) is 11.2 Å². The van der Waals surface area contributed by atoms with E-state index in [4.69, 9.17) is 4.74 Å². The molecule has 0 bridgehead atoms. The lowest BCUT2D eigenvalue weighted by Crippen LogP contribution is -2.36. The fourth-order valence-electron chi connectivity index (χ4n) is 3.04. The number of rotatable bonds is 3. The van der Waals surface area contributed by atoms with E-state index in [1.54, 1.807) is 23.1 Å². The minimum Gasteiger partial charge on any atom is -0.379 e. The van der Waals surface area contributed by atoms with Gasteiger partial charge in [0.15, 0.2) is 5.65 Å². The Bertz CT molecular complexity index is 866. The molecule has 3 aromatic rings. The molecule has 1 aliphatic rings. The number of hydrogen-bond donors (Lipinski definition) is 0. The van der Waals surface area contributed by atoms with Gasteiger partial charge in [0.2, 0.25) is 0 Å². The van der Waals surface area contributed by atoms with Crippen molar-refractivity contribution in [3.8, 4) is 0 Å². The van der Waals surface area contributed by atoms with E-state index in [-0.39, 0.29) is 11.8 Å². The Morgan fingerprint density at radius 1 is 1.28 bits per heavy atom. The molecule has 0 radical (unpaired) electrons. The van der Waals surface area contributed by atoms with Crippen LogP contribution in [0.4, 0.5) is 0 Å². The van der Waals surface area contributed by atoms with Crippen LogP contribution >= 0.6 is 0 Å². The summed E-state index contributed by atoms with van der Waals surface area (Å²) < 4.78 is 7.46. The molecule has 1 atom stereocenters. The molecule has 128 valence electrons. The highest BCUT2D eigenvalue weighted by Gasteiger charge is 2.24. The van der Waals surface area contributed by atoms with Gasteiger partial charge in [-0.25, -0.2) is 19.5 Å². The first-order valence-corrected chi connectivity index (χ1v) is 8.21. The number of carbonyl (C=O) groups is 1. The minimum absolute atomic E-state index is 0.0610. The minimum atomic E-state index is -0.0610. The molecular weight excluding hydrogens is 320 g/mol. The molecular formula is C17H18N6O2. The van der Waals surface area contributed by atoms with Crippen molar-refractivity contribution < 1.29 is 9.53 Å². The van der Waals surface area contributed by atoms with Crippen molar-refractivity contribution in [2.45, 2.75) is 6.42 Å². The van der Waals surface area contributed by atoms with Gasteiger partial charge in [-0.3, -0.25) is 4.79 Å². The monoisotopic (exact) mass is 338 g/mol. The molecule has 4 rings (SSSR count). The molecule has 3 aromatic heterocycles. The van der Waals surface area contributed by atoms with Crippen LogP contribution in [0.1, 0.15) is 16.1 Å². The van der Waals surface area contributed by atoms with Gasteiger partial charge < -0.3 is 9.64 Å². The van der Waals surface area contributed by atoms with Crippen LogP contribution in [0.5, 0.6) is 0 Å². The summed E-state index contributed by atoms with van der Waals surface area (Å²) in [4.78, 5) is 26.5. The fraction of sp³-hybridized carbons (Fsp3) is 0.353. The first kappa shape index (κ1) is 15.6. The van der Waals surface area contributed by atoms with Crippen LogP contribution in [-0.4, -0.2) is 61.7 Å². The normalized spacial score (nSPS) is 18.2. The Hall–Kier alpha value is -2.87. The van der Waals surface area contributed by atoms with Crippen molar-refractivity contribution in [2.75, 3.05) is 26.3 Å². The summed E-state index contributed by atoms with van der Waals surface area (Å²) in [5, 5.41) is 4.56. The zero-order chi connectivity index (χ0) is 17.1. The van der Waals surface area contributed by atoms with Crippen LogP contribution < -0.4 is 0 Å². The van der Waals surface area contributed by atoms with Crippen molar-refractivity contribution in [1.29, 1.82) is 0 Å². The van der Waals surface area contributed by atoms with E-state index in [0.29, 0.717) is 31.9 Å². The van der Waals surface area contributed by atoms with Crippen molar-refractivity contribution in [2.24, 2.45) is 5.92 Å². The van der Waals surface area contributed by atoms with Crippen LogP contribution in [0.3, 0.4) is 0 Å². The first-order chi connectivity index (χ1) is 12.3. The predicted molar refractivity (Wildman–Crippen MR) is 88.9 cm³/mol. The van der Waals surface area contributed by atoms with Crippen LogP contribution in [0.15, 0.2) is 43.2 Å². The van der Waals surface area contributed by atoms with E-state index in [1.807, 2.05) is 23.2 Å². The Labute approximate surface area is 144 Å². The highest BCUT2D eigenvalue weighted by atomic mass is 16.5. The molecule has 25 heavy (non-hydrogen) atoms. The van der Waals surface area contributed by atoms with Gasteiger partial charge in [-0.15, -0.1) is 0 Å². The van der Waals surface area contributed by atoms with Gasteiger partial charge in [0.25, 0.3) is 5.91 Å². The predicted octanol–water partition coefficient (Wildman–Crippen LogP) is 0.851. The van der Waals surface area contributed by atoms with E-state index in [0.717, 1.165) is 17.8 Å². The number of ether oxygens (including phenoxy) is 1. The van der Waals surface area contributed by atoms with Crippen LogP contribution in [0, 0.1) is 5.92 Å². The SMILES string of the molecule is O=C(c1cncnc1)N1CCOC[C@@H](Cc2ccc3nccn3n2)C1. The largest absolute Gasteiger partial charge is 0.379 e. The maximum atomic E-state index is 12.7. The molecule has 0 aliphatic carbocycles. The standard InChI is InChI=1S/C17H18N6O2/c24-17(14-8-18-12-19-9-14)22-5-6-25-11-13(10-22)7-15-1-2-16-20-3-4-23(16)21-15/h1-4,8-9,12-13H,5-7,10-11H2/t13-/m0/s1. The fourth-order valence-corrected chi connectivity index (χ4v) is 3.04. The molecule has 1 saturated heterocycles. The number of carbonyl (C=O) groups excluding carboxylic acids is 1. The average Bonchev–Trinajstić information content (AvgIpc) is 2.99. The van der Waals surface area contributed by atoms with E-state index < -0.39 is 0 Å². The smallest absolute Gasteiger partial charge is 0.257 e. The lowest BCUT2D eigenvalue weighted by molar-refractivity contribution is 0.0736. The third-order valence-electron chi connectivity index (χ3n) is 4.24. The Morgan fingerprint density at radius 2 is 2.16 bits per heavy atom. The molecule has 8 heteroatoms. The van der Waals surface area contributed by atoms with E-state index >= 15 is 0 Å². The van der Waals surface area contributed by atoms with Gasteiger partial charge in [-0.2, -0.15) is 5.10 Å². The molecule has 0 unspecified atom stereocenters. The second-order valence-corrected chi connectivity index (χ2v) is 6.08. The molecule has 0 N–H and O–H groups in total. The van der Waals surface area contributed by atoms with E-state index in [2.05, 4.69) is 20.1 Å². The number of nitrogens with zero attached hydrogens (tertiary/aromatic N) is 6. The number of imidazole rings is 1. The number of amides is 1.